The van der Waals surface area contributed by atoms with Crippen molar-refractivity contribution in [1.29, 1.82) is 0 Å². The van der Waals surface area contributed by atoms with E-state index in [0.717, 1.165) is 19.4 Å². The molecule has 2 aromatic rings. The van der Waals surface area contributed by atoms with Gasteiger partial charge in [0, 0.05) is 42.5 Å². The monoisotopic (exact) mass is 471 g/mol. The highest BCUT2D eigenvalue weighted by Crippen LogP contribution is 2.27. The molecule has 33 heavy (non-hydrogen) atoms. The lowest BCUT2D eigenvalue weighted by atomic mass is 10.1. The van der Waals surface area contributed by atoms with Gasteiger partial charge in [0.2, 0.25) is 11.8 Å². The largest absolute Gasteiger partial charge is 0.484 e. The number of carbonyl (C=O) groups excluding carboxylic acids is 3. The molecule has 2 N–H and O–H groups in total. The van der Waals surface area contributed by atoms with Gasteiger partial charge >= 0.3 is 0 Å². The zero-order valence-corrected chi connectivity index (χ0v) is 18.8. The third-order valence-electron chi connectivity index (χ3n) is 5.65. The molecule has 0 bridgehead atoms. The second-order valence-corrected chi connectivity index (χ2v) is 8.56. The summed E-state index contributed by atoms with van der Waals surface area (Å²) in [5, 5.41) is 6.15. The van der Waals surface area contributed by atoms with Crippen LogP contribution in [0.15, 0.2) is 48.5 Å². The SMILES string of the molecule is O=C(COc1ccc(N2C[C@@H](C(=O)NC[C@@H]3CCCO3)CC2=O)cc1)Nc1cccc(Cl)c1. The first kappa shape index (κ1) is 23.1. The van der Waals surface area contributed by atoms with Crippen LogP contribution in [0, 0.1) is 5.92 Å². The Morgan fingerprint density at radius 2 is 2.00 bits per heavy atom. The Hall–Kier alpha value is -3.10. The minimum absolute atomic E-state index is 0.0716. The quantitative estimate of drug-likeness (QED) is 0.617. The first-order valence-corrected chi connectivity index (χ1v) is 11.3. The number of ether oxygens (including phenoxy) is 2. The molecular formula is C24H26ClN3O5. The van der Waals surface area contributed by atoms with Crippen LogP contribution in [0.2, 0.25) is 5.02 Å². The molecule has 3 amide bonds. The summed E-state index contributed by atoms with van der Waals surface area (Å²) >= 11 is 5.91. The molecular weight excluding hydrogens is 446 g/mol. The molecule has 2 aliphatic heterocycles. The van der Waals surface area contributed by atoms with Crippen molar-refractivity contribution in [2.75, 3.05) is 36.5 Å². The zero-order chi connectivity index (χ0) is 23.2. The van der Waals surface area contributed by atoms with Gasteiger partial charge in [-0.15, -0.1) is 0 Å². The molecule has 2 saturated heterocycles. The van der Waals surface area contributed by atoms with Crippen LogP contribution in [0.5, 0.6) is 5.75 Å². The molecule has 0 radical (unpaired) electrons. The Labute approximate surface area is 197 Å². The Bertz CT molecular complexity index is 1010. The predicted octanol–water partition coefficient (Wildman–Crippen LogP) is 3.01. The Morgan fingerprint density at radius 3 is 2.73 bits per heavy atom. The molecule has 2 fully saturated rings. The van der Waals surface area contributed by atoms with Crippen LogP contribution in [-0.2, 0) is 19.1 Å². The van der Waals surface area contributed by atoms with Crippen LogP contribution < -0.4 is 20.3 Å². The first-order valence-electron chi connectivity index (χ1n) is 11.0. The molecule has 2 aromatic carbocycles. The molecule has 2 atom stereocenters. The van der Waals surface area contributed by atoms with Gasteiger partial charge < -0.3 is 25.0 Å². The third kappa shape index (κ3) is 6.24. The molecule has 0 aliphatic carbocycles. The van der Waals surface area contributed by atoms with Gasteiger partial charge in [0.05, 0.1) is 12.0 Å². The van der Waals surface area contributed by atoms with E-state index in [1.54, 1.807) is 53.4 Å². The van der Waals surface area contributed by atoms with Crippen molar-refractivity contribution in [3.05, 3.63) is 53.6 Å². The topological polar surface area (TPSA) is 97.0 Å². The van der Waals surface area contributed by atoms with Gasteiger partial charge in [-0.1, -0.05) is 17.7 Å². The number of nitrogens with zero attached hydrogens (tertiary/aromatic N) is 1. The number of nitrogens with one attached hydrogen (secondary N) is 2. The molecule has 0 spiro atoms. The van der Waals surface area contributed by atoms with Crippen molar-refractivity contribution in [3.63, 3.8) is 0 Å². The lowest BCUT2D eigenvalue weighted by Gasteiger charge is -2.18. The van der Waals surface area contributed by atoms with Crippen LogP contribution in [0.25, 0.3) is 0 Å². The molecule has 0 unspecified atom stereocenters. The number of halogens is 1. The first-order chi connectivity index (χ1) is 16.0. The summed E-state index contributed by atoms with van der Waals surface area (Å²) in [7, 11) is 0. The van der Waals surface area contributed by atoms with E-state index in [1.165, 1.54) is 0 Å². The fourth-order valence-electron chi connectivity index (χ4n) is 3.93. The summed E-state index contributed by atoms with van der Waals surface area (Å²) < 4.78 is 11.1. The van der Waals surface area contributed by atoms with Crippen LogP contribution >= 0.6 is 11.6 Å². The van der Waals surface area contributed by atoms with Crippen molar-refractivity contribution >= 4 is 40.7 Å². The molecule has 0 saturated carbocycles. The number of anilines is 2. The number of rotatable bonds is 8. The predicted molar refractivity (Wildman–Crippen MR) is 124 cm³/mol. The van der Waals surface area contributed by atoms with Gasteiger partial charge in [-0.3, -0.25) is 14.4 Å². The van der Waals surface area contributed by atoms with Crippen molar-refractivity contribution < 1.29 is 23.9 Å². The van der Waals surface area contributed by atoms with E-state index in [4.69, 9.17) is 21.1 Å². The molecule has 174 valence electrons. The standard InChI is InChI=1S/C24H26ClN3O5/c25-17-3-1-4-18(12-17)27-22(29)15-33-20-8-6-19(7-9-20)28-14-16(11-23(28)30)24(31)26-13-21-5-2-10-32-21/h1,3-4,6-9,12,16,21H,2,5,10-11,13-15H2,(H,26,31)(H,27,29)/t16-,21-/m0/s1. The number of benzene rings is 2. The van der Waals surface area contributed by atoms with Crippen molar-refractivity contribution in [3.8, 4) is 5.75 Å². The number of amides is 3. The van der Waals surface area contributed by atoms with Gasteiger partial charge in [0.1, 0.15) is 5.75 Å². The summed E-state index contributed by atoms with van der Waals surface area (Å²) in [6, 6.07) is 13.7. The van der Waals surface area contributed by atoms with E-state index >= 15 is 0 Å². The maximum absolute atomic E-state index is 12.5. The van der Waals surface area contributed by atoms with E-state index in [-0.39, 0.29) is 42.8 Å². The smallest absolute Gasteiger partial charge is 0.262 e. The molecule has 8 nitrogen and oxygen atoms in total. The Kier molecular flexibility index (Phi) is 7.47. The van der Waals surface area contributed by atoms with Gasteiger partial charge in [-0.25, -0.2) is 0 Å². The highest BCUT2D eigenvalue weighted by molar-refractivity contribution is 6.30. The second kappa shape index (κ2) is 10.7. The number of hydrogen-bond acceptors (Lipinski definition) is 5. The minimum Gasteiger partial charge on any atom is -0.484 e. The lowest BCUT2D eigenvalue weighted by molar-refractivity contribution is -0.126. The van der Waals surface area contributed by atoms with Crippen LogP contribution in [0.1, 0.15) is 19.3 Å². The van der Waals surface area contributed by atoms with Gasteiger partial charge in [-0.2, -0.15) is 0 Å². The third-order valence-corrected chi connectivity index (χ3v) is 5.89. The normalized spacial score (nSPS) is 20.0. The second-order valence-electron chi connectivity index (χ2n) is 8.13. The fourth-order valence-corrected chi connectivity index (χ4v) is 4.12. The summed E-state index contributed by atoms with van der Waals surface area (Å²) in [6.07, 6.45) is 2.22. The van der Waals surface area contributed by atoms with Gasteiger partial charge in [0.15, 0.2) is 6.61 Å². The maximum Gasteiger partial charge on any atom is 0.262 e. The molecule has 2 heterocycles. The van der Waals surface area contributed by atoms with Crippen molar-refractivity contribution in [2.45, 2.75) is 25.4 Å². The van der Waals surface area contributed by atoms with E-state index in [0.29, 0.717) is 35.2 Å². The summed E-state index contributed by atoms with van der Waals surface area (Å²) in [5.74, 6) is -0.413. The Balaban J connectivity index is 1.25. The molecule has 0 aromatic heterocycles. The molecule has 9 heteroatoms. The zero-order valence-electron chi connectivity index (χ0n) is 18.1. The number of carbonyl (C=O) groups is 3. The fraction of sp³-hybridized carbons (Fsp3) is 0.375. The van der Waals surface area contributed by atoms with Crippen molar-refractivity contribution in [1.82, 2.24) is 5.32 Å². The minimum atomic E-state index is -0.384. The van der Waals surface area contributed by atoms with E-state index in [2.05, 4.69) is 10.6 Å². The highest BCUT2D eigenvalue weighted by Gasteiger charge is 2.35. The van der Waals surface area contributed by atoms with Crippen LogP contribution in [-0.4, -0.2) is 50.1 Å². The van der Waals surface area contributed by atoms with E-state index < -0.39 is 0 Å². The highest BCUT2D eigenvalue weighted by atomic mass is 35.5. The lowest BCUT2D eigenvalue weighted by Crippen LogP contribution is -2.37. The van der Waals surface area contributed by atoms with Crippen molar-refractivity contribution in [2.24, 2.45) is 5.92 Å². The molecule has 4 rings (SSSR count). The summed E-state index contributed by atoms with van der Waals surface area (Å²) in [5.41, 5.74) is 1.28. The summed E-state index contributed by atoms with van der Waals surface area (Å²) in [6.45, 7) is 1.39. The van der Waals surface area contributed by atoms with Gasteiger partial charge in [-0.05, 0) is 55.3 Å². The van der Waals surface area contributed by atoms with Gasteiger partial charge in [0.25, 0.3) is 5.91 Å². The maximum atomic E-state index is 12.5. The van der Waals surface area contributed by atoms with Crippen LogP contribution in [0.3, 0.4) is 0 Å². The molecule has 2 aliphatic rings. The number of hydrogen-bond donors (Lipinski definition) is 2. The van der Waals surface area contributed by atoms with Crippen LogP contribution in [0.4, 0.5) is 11.4 Å². The van der Waals surface area contributed by atoms with E-state index in [9.17, 15) is 14.4 Å². The van der Waals surface area contributed by atoms with E-state index in [1.807, 2.05) is 0 Å². The summed E-state index contributed by atoms with van der Waals surface area (Å²) in [4.78, 5) is 38.6. The Morgan fingerprint density at radius 1 is 1.18 bits per heavy atom. The average molecular weight is 472 g/mol. The average Bonchev–Trinajstić information content (AvgIpc) is 3.46.